The van der Waals surface area contributed by atoms with Crippen molar-refractivity contribution in [3.8, 4) is 0 Å². The normalized spacial score (nSPS) is 23.1. The highest BCUT2D eigenvalue weighted by molar-refractivity contribution is 7.92. The summed E-state index contributed by atoms with van der Waals surface area (Å²) in [5.41, 5.74) is 0.607. The minimum absolute atomic E-state index is 0.208. The zero-order valence-electron chi connectivity index (χ0n) is 9.05. The van der Waals surface area contributed by atoms with E-state index in [-0.39, 0.29) is 11.3 Å². The summed E-state index contributed by atoms with van der Waals surface area (Å²) >= 11 is 5.80. The van der Waals surface area contributed by atoms with Crippen LogP contribution in [-0.4, -0.2) is 24.7 Å². The standard InChI is InChI=1S/C11H11ClO4S/c1-6(11(13)14)10-5-7-4-8(12)2-3-9(7)17(10,15)16/h2-4,6,10H,5H2,1H3,(H,13,14). The lowest BCUT2D eigenvalue weighted by atomic mass is 10.0. The molecule has 0 aromatic heterocycles. The van der Waals surface area contributed by atoms with Crippen molar-refractivity contribution >= 4 is 27.4 Å². The van der Waals surface area contributed by atoms with Gasteiger partial charge in [-0.1, -0.05) is 18.5 Å². The molecule has 17 heavy (non-hydrogen) atoms. The van der Waals surface area contributed by atoms with Crippen LogP contribution in [0.15, 0.2) is 23.1 Å². The number of fused-ring (bicyclic) bond motifs is 1. The van der Waals surface area contributed by atoms with Crippen molar-refractivity contribution in [2.24, 2.45) is 5.92 Å². The van der Waals surface area contributed by atoms with E-state index in [1.54, 1.807) is 6.07 Å². The number of carboxylic acid groups (broad SMARTS) is 1. The molecule has 2 rings (SSSR count). The first-order valence-electron chi connectivity index (χ1n) is 5.09. The molecule has 1 aromatic carbocycles. The van der Waals surface area contributed by atoms with Crippen LogP contribution in [-0.2, 0) is 21.1 Å². The summed E-state index contributed by atoms with van der Waals surface area (Å²) in [6, 6.07) is 4.54. The zero-order chi connectivity index (χ0) is 12.8. The number of carbonyl (C=O) groups is 1. The van der Waals surface area contributed by atoms with E-state index < -0.39 is 27.0 Å². The molecular formula is C11H11ClO4S. The van der Waals surface area contributed by atoms with Crippen molar-refractivity contribution in [2.45, 2.75) is 23.5 Å². The van der Waals surface area contributed by atoms with Crippen LogP contribution in [0.4, 0.5) is 0 Å². The summed E-state index contributed by atoms with van der Waals surface area (Å²) in [6.45, 7) is 1.41. The second kappa shape index (κ2) is 3.99. The molecule has 0 aliphatic carbocycles. The number of carboxylic acids is 1. The van der Waals surface area contributed by atoms with Crippen molar-refractivity contribution in [1.29, 1.82) is 0 Å². The van der Waals surface area contributed by atoms with Gasteiger partial charge in [-0.2, -0.15) is 0 Å². The summed E-state index contributed by atoms with van der Waals surface area (Å²) in [5.74, 6) is -2.02. The average Bonchev–Trinajstić information content (AvgIpc) is 2.48. The van der Waals surface area contributed by atoms with Gasteiger partial charge in [-0.05, 0) is 30.2 Å². The molecule has 0 spiro atoms. The van der Waals surface area contributed by atoms with E-state index in [1.807, 2.05) is 0 Å². The molecule has 1 aliphatic heterocycles. The van der Waals surface area contributed by atoms with E-state index in [4.69, 9.17) is 16.7 Å². The first kappa shape index (κ1) is 12.4. The van der Waals surface area contributed by atoms with Crippen LogP contribution >= 0.6 is 11.6 Å². The number of rotatable bonds is 2. The molecule has 0 bridgehead atoms. The molecule has 2 atom stereocenters. The fourth-order valence-electron chi connectivity index (χ4n) is 2.08. The lowest BCUT2D eigenvalue weighted by Gasteiger charge is -2.13. The van der Waals surface area contributed by atoms with Gasteiger partial charge < -0.3 is 5.11 Å². The highest BCUT2D eigenvalue weighted by Crippen LogP contribution is 2.36. The van der Waals surface area contributed by atoms with Crippen LogP contribution in [0.25, 0.3) is 0 Å². The smallest absolute Gasteiger partial charge is 0.307 e. The van der Waals surface area contributed by atoms with Crippen LogP contribution in [0.5, 0.6) is 0 Å². The molecule has 0 fully saturated rings. The van der Waals surface area contributed by atoms with Gasteiger partial charge in [0, 0.05) is 5.02 Å². The van der Waals surface area contributed by atoms with Crippen molar-refractivity contribution < 1.29 is 18.3 Å². The average molecular weight is 275 g/mol. The highest BCUT2D eigenvalue weighted by atomic mass is 35.5. The Morgan fingerprint density at radius 2 is 2.18 bits per heavy atom. The molecule has 1 N–H and O–H groups in total. The molecule has 0 radical (unpaired) electrons. The third-order valence-corrected chi connectivity index (χ3v) is 5.71. The molecule has 1 heterocycles. The van der Waals surface area contributed by atoms with Gasteiger partial charge in [-0.25, -0.2) is 8.42 Å². The molecule has 2 unspecified atom stereocenters. The third kappa shape index (κ3) is 1.93. The summed E-state index contributed by atoms with van der Waals surface area (Å²) in [6.07, 6.45) is 0.214. The monoisotopic (exact) mass is 274 g/mol. The number of halogens is 1. The molecule has 6 heteroatoms. The topological polar surface area (TPSA) is 71.4 Å². The second-order valence-corrected chi connectivity index (χ2v) is 6.74. The van der Waals surface area contributed by atoms with E-state index in [0.29, 0.717) is 10.6 Å². The van der Waals surface area contributed by atoms with E-state index in [1.165, 1.54) is 19.1 Å². The van der Waals surface area contributed by atoms with E-state index in [2.05, 4.69) is 0 Å². The van der Waals surface area contributed by atoms with Crippen LogP contribution in [0.3, 0.4) is 0 Å². The lowest BCUT2D eigenvalue weighted by Crippen LogP contribution is -2.30. The Balaban J connectivity index is 2.50. The van der Waals surface area contributed by atoms with Crippen LogP contribution in [0.2, 0.25) is 5.02 Å². The predicted molar refractivity (Wildman–Crippen MR) is 62.9 cm³/mol. The summed E-state index contributed by atoms with van der Waals surface area (Å²) in [4.78, 5) is 11.1. The molecule has 92 valence electrons. The summed E-state index contributed by atoms with van der Waals surface area (Å²) < 4.78 is 24.3. The van der Waals surface area contributed by atoms with Gasteiger partial charge in [-0.15, -0.1) is 0 Å². The summed E-state index contributed by atoms with van der Waals surface area (Å²) in [5, 5.41) is 8.48. The Hall–Kier alpha value is -1.07. The lowest BCUT2D eigenvalue weighted by molar-refractivity contribution is -0.141. The molecule has 0 saturated heterocycles. The van der Waals surface area contributed by atoms with Gasteiger partial charge in [0.15, 0.2) is 9.84 Å². The highest BCUT2D eigenvalue weighted by Gasteiger charge is 2.42. The van der Waals surface area contributed by atoms with E-state index in [0.717, 1.165) is 0 Å². The molecule has 1 aliphatic rings. The zero-order valence-corrected chi connectivity index (χ0v) is 10.6. The third-order valence-electron chi connectivity index (χ3n) is 3.10. The minimum atomic E-state index is -3.55. The van der Waals surface area contributed by atoms with Gasteiger partial charge in [0.2, 0.25) is 0 Å². The maximum atomic E-state index is 12.1. The van der Waals surface area contributed by atoms with Gasteiger partial charge in [0.1, 0.15) is 0 Å². The van der Waals surface area contributed by atoms with Crippen LogP contribution < -0.4 is 0 Å². The maximum Gasteiger partial charge on any atom is 0.307 e. The van der Waals surface area contributed by atoms with Crippen molar-refractivity contribution in [2.75, 3.05) is 0 Å². The van der Waals surface area contributed by atoms with E-state index in [9.17, 15) is 13.2 Å². The minimum Gasteiger partial charge on any atom is -0.481 e. The molecular weight excluding hydrogens is 264 g/mol. The molecule has 1 aromatic rings. The second-order valence-electron chi connectivity index (χ2n) is 4.17. The largest absolute Gasteiger partial charge is 0.481 e. The Morgan fingerprint density at radius 3 is 2.76 bits per heavy atom. The predicted octanol–water partition coefficient (Wildman–Crippen LogP) is 1.76. The van der Waals surface area contributed by atoms with Crippen molar-refractivity contribution in [3.63, 3.8) is 0 Å². The quantitative estimate of drug-likeness (QED) is 0.892. The number of aliphatic carboxylic acids is 1. The van der Waals surface area contributed by atoms with Gasteiger partial charge in [-0.3, -0.25) is 4.79 Å². The van der Waals surface area contributed by atoms with Crippen molar-refractivity contribution in [3.05, 3.63) is 28.8 Å². The van der Waals surface area contributed by atoms with E-state index >= 15 is 0 Å². The Morgan fingerprint density at radius 1 is 1.53 bits per heavy atom. The van der Waals surface area contributed by atoms with Gasteiger partial charge >= 0.3 is 5.97 Å². The Bertz CT molecular complexity index is 579. The Labute approximate surface area is 104 Å². The fraction of sp³-hybridized carbons (Fsp3) is 0.364. The fourth-order valence-corrected chi connectivity index (χ4v) is 4.42. The number of sulfone groups is 1. The first-order chi connectivity index (χ1) is 7.84. The number of hydrogen-bond acceptors (Lipinski definition) is 3. The van der Waals surface area contributed by atoms with Crippen LogP contribution in [0, 0.1) is 5.92 Å². The maximum absolute atomic E-state index is 12.1. The van der Waals surface area contributed by atoms with Crippen LogP contribution in [0.1, 0.15) is 12.5 Å². The number of hydrogen-bond donors (Lipinski definition) is 1. The SMILES string of the molecule is CC(C(=O)O)C1Cc2cc(Cl)ccc2S1(=O)=O. The summed E-state index contributed by atoms with van der Waals surface area (Å²) in [7, 11) is -3.55. The molecule has 0 saturated carbocycles. The first-order valence-corrected chi connectivity index (χ1v) is 7.01. The molecule has 0 amide bonds. The van der Waals surface area contributed by atoms with Crippen molar-refractivity contribution in [1.82, 2.24) is 0 Å². The molecule has 4 nitrogen and oxygen atoms in total. The Kier molecular flexibility index (Phi) is 2.91. The number of benzene rings is 1. The van der Waals surface area contributed by atoms with Gasteiger partial charge in [0.25, 0.3) is 0 Å². The van der Waals surface area contributed by atoms with Gasteiger partial charge in [0.05, 0.1) is 16.1 Å².